The van der Waals surface area contributed by atoms with Gasteiger partial charge in [0.05, 0.1) is 12.6 Å². The van der Waals surface area contributed by atoms with Gasteiger partial charge < -0.3 is 19.9 Å². The lowest BCUT2D eigenvalue weighted by Crippen LogP contribution is -2.28. The van der Waals surface area contributed by atoms with Gasteiger partial charge in [-0.25, -0.2) is 0 Å². The molecule has 0 saturated heterocycles. The number of nitrogens with zero attached hydrogens (tertiary/aromatic N) is 2. The predicted octanol–water partition coefficient (Wildman–Crippen LogP) is 4.85. The van der Waals surface area contributed by atoms with Crippen LogP contribution in [0.15, 0.2) is 53.1 Å². The third-order valence-corrected chi connectivity index (χ3v) is 5.22. The quantitative estimate of drug-likeness (QED) is 0.565. The predicted molar refractivity (Wildman–Crippen MR) is 117 cm³/mol. The van der Waals surface area contributed by atoms with E-state index >= 15 is 0 Å². The standard InChI is InChI=1S/C22H24N4O2S/c1-15-6-2-5-9-19(15)21-25-20(28-26-21)14-23-22(29)24-16-10-12-18(13-11-16)27-17-7-3-4-8-17/h2,5-6,9-13,17H,3-4,7-8,14H2,1H3,(H2,23,24,29). The highest BCUT2D eigenvalue weighted by Crippen LogP contribution is 2.25. The van der Waals surface area contributed by atoms with Crippen molar-refractivity contribution in [3.8, 4) is 17.1 Å². The fourth-order valence-electron chi connectivity index (χ4n) is 3.41. The zero-order valence-electron chi connectivity index (χ0n) is 16.4. The summed E-state index contributed by atoms with van der Waals surface area (Å²) in [4.78, 5) is 4.44. The van der Waals surface area contributed by atoms with E-state index in [-0.39, 0.29) is 0 Å². The molecule has 4 rings (SSSR count). The summed E-state index contributed by atoms with van der Waals surface area (Å²) < 4.78 is 11.3. The molecule has 7 heteroatoms. The molecule has 1 aromatic heterocycles. The number of hydrogen-bond donors (Lipinski definition) is 2. The summed E-state index contributed by atoms with van der Waals surface area (Å²) in [5, 5.41) is 10.8. The van der Waals surface area contributed by atoms with Crippen LogP contribution in [0.4, 0.5) is 5.69 Å². The molecule has 3 aromatic rings. The molecule has 29 heavy (non-hydrogen) atoms. The molecule has 1 saturated carbocycles. The first-order valence-electron chi connectivity index (χ1n) is 9.87. The third kappa shape index (κ3) is 5.12. The summed E-state index contributed by atoms with van der Waals surface area (Å²) in [6, 6.07) is 15.8. The van der Waals surface area contributed by atoms with E-state index in [4.69, 9.17) is 21.5 Å². The highest BCUT2D eigenvalue weighted by Gasteiger charge is 2.16. The summed E-state index contributed by atoms with van der Waals surface area (Å²) in [7, 11) is 0. The van der Waals surface area contributed by atoms with Gasteiger partial charge in [0.1, 0.15) is 5.75 Å². The van der Waals surface area contributed by atoms with Crippen molar-refractivity contribution < 1.29 is 9.26 Å². The molecule has 1 aliphatic rings. The third-order valence-electron chi connectivity index (χ3n) is 4.97. The van der Waals surface area contributed by atoms with Crippen LogP contribution in [-0.4, -0.2) is 21.4 Å². The fourth-order valence-corrected chi connectivity index (χ4v) is 3.60. The van der Waals surface area contributed by atoms with Crippen LogP contribution < -0.4 is 15.4 Å². The van der Waals surface area contributed by atoms with E-state index in [1.807, 2.05) is 55.5 Å². The van der Waals surface area contributed by atoms with Crippen molar-refractivity contribution in [1.82, 2.24) is 15.5 Å². The number of thiocarbonyl (C=S) groups is 1. The highest BCUT2D eigenvalue weighted by molar-refractivity contribution is 7.80. The molecule has 0 amide bonds. The molecule has 6 nitrogen and oxygen atoms in total. The number of ether oxygens (including phenoxy) is 1. The summed E-state index contributed by atoms with van der Waals surface area (Å²) >= 11 is 5.36. The molecule has 150 valence electrons. The van der Waals surface area contributed by atoms with Crippen LogP contribution in [0, 0.1) is 6.92 Å². The second-order valence-electron chi connectivity index (χ2n) is 7.18. The summed E-state index contributed by atoms with van der Waals surface area (Å²) in [5.74, 6) is 1.96. The minimum atomic E-state index is 0.355. The zero-order chi connectivity index (χ0) is 20.1. The van der Waals surface area contributed by atoms with Gasteiger partial charge in [-0.3, -0.25) is 0 Å². The van der Waals surface area contributed by atoms with Gasteiger partial charge in [-0.1, -0.05) is 29.4 Å². The summed E-state index contributed by atoms with van der Waals surface area (Å²) in [6.07, 6.45) is 5.17. The Hall–Kier alpha value is -2.93. The van der Waals surface area contributed by atoms with Gasteiger partial charge in [0.25, 0.3) is 0 Å². The number of hydrogen-bond acceptors (Lipinski definition) is 5. The topological polar surface area (TPSA) is 72.2 Å². The van der Waals surface area contributed by atoms with Gasteiger partial charge in [0.15, 0.2) is 5.11 Å². The van der Waals surface area contributed by atoms with E-state index in [9.17, 15) is 0 Å². The van der Waals surface area contributed by atoms with E-state index in [1.165, 1.54) is 12.8 Å². The van der Waals surface area contributed by atoms with Crippen LogP contribution >= 0.6 is 12.2 Å². The lowest BCUT2D eigenvalue weighted by Gasteiger charge is -2.14. The van der Waals surface area contributed by atoms with Crippen molar-refractivity contribution in [3.63, 3.8) is 0 Å². The van der Waals surface area contributed by atoms with Gasteiger partial charge in [-0.15, -0.1) is 0 Å². The van der Waals surface area contributed by atoms with Gasteiger partial charge in [0, 0.05) is 11.3 Å². The first-order chi connectivity index (χ1) is 14.2. The molecule has 0 aliphatic heterocycles. The number of benzene rings is 2. The Morgan fingerprint density at radius 3 is 2.66 bits per heavy atom. The molecular formula is C22H24N4O2S. The SMILES string of the molecule is Cc1ccccc1-c1noc(CNC(=S)Nc2ccc(OC3CCCC3)cc2)n1. The van der Waals surface area contributed by atoms with Gasteiger partial charge in [-0.05, 0) is 74.7 Å². The Balaban J connectivity index is 1.27. The average molecular weight is 409 g/mol. The molecule has 1 fully saturated rings. The molecule has 0 unspecified atom stereocenters. The van der Waals surface area contributed by atoms with E-state index in [1.54, 1.807) is 0 Å². The Morgan fingerprint density at radius 2 is 1.90 bits per heavy atom. The fraction of sp³-hybridized carbons (Fsp3) is 0.318. The maximum Gasteiger partial charge on any atom is 0.246 e. The average Bonchev–Trinajstić information content (AvgIpc) is 3.40. The van der Waals surface area contributed by atoms with Crippen LogP contribution in [0.1, 0.15) is 37.1 Å². The Bertz CT molecular complexity index is 965. The zero-order valence-corrected chi connectivity index (χ0v) is 17.2. The van der Waals surface area contributed by atoms with Gasteiger partial charge >= 0.3 is 0 Å². The van der Waals surface area contributed by atoms with Crippen LogP contribution in [0.25, 0.3) is 11.4 Å². The molecule has 1 heterocycles. The van der Waals surface area contributed by atoms with E-state index < -0.39 is 0 Å². The molecule has 0 spiro atoms. The smallest absolute Gasteiger partial charge is 0.246 e. The minimum Gasteiger partial charge on any atom is -0.490 e. The van der Waals surface area contributed by atoms with Crippen molar-refractivity contribution in [1.29, 1.82) is 0 Å². The number of aryl methyl sites for hydroxylation is 1. The Labute approximate surface area is 175 Å². The second kappa shape index (κ2) is 9.05. The number of anilines is 1. The summed E-state index contributed by atoms with van der Waals surface area (Å²) in [5.41, 5.74) is 2.96. The first-order valence-corrected chi connectivity index (χ1v) is 10.3. The van der Waals surface area contributed by atoms with E-state index in [0.29, 0.717) is 29.5 Å². The van der Waals surface area contributed by atoms with Crippen LogP contribution in [-0.2, 0) is 6.54 Å². The molecule has 1 aliphatic carbocycles. The van der Waals surface area contributed by atoms with Crippen LogP contribution in [0.3, 0.4) is 0 Å². The molecular weight excluding hydrogens is 384 g/mol. The van der Waals surface area contributed by atoms with E-state index in [2.05, 4.69) is 20.8 Å². The van der Waals surface area contributed by atoms with Crippen molar-refractivity contribution in [2.24, 2.45) is 0 Å². The van der Waals surface area contributed by atoms with Crippen molar-refractivity contribution in [2.75, 3.05) is 5.32 Å². The Kier molecular flexibility index (Phi) is 6.05. The monoisotopic (exact) mass is 408 g/mol. The van der Waals surface area contributed by atoms with Crippen molar-refractivity contribution >= 4 is 23.0 Å². The summed E-state index contributed by atoms with van der Waals surface area (Å²) in [6.45, 7) is 2.38. The van der Waals surface area contributed by atoms with Gasteiger partial charge in [-0.2, -0.15) is 4.98 Å². The number of rotatable bonds is 6. The molecule has 0 bridgehead atoms. The number of nitrogens with one attached hydrogen (secondary N) is 2. The second-order valence-corrected chi connectivity index (χ2v) is 7.59. The maximum atomic E-state index is 5.98. The largest absolute Gasteiger partial charge is 0.490 e. The van der Waals surface area contributed by atoms with Gasteiger partial charge in [0.2, 0.25) is 11.7 Å². The van der Waals surface area contributed by atoms with E-state index in [0.717, 1.165) is 35.4 Å². The lowest BCUT2D eigenvalue weighted by molar-refractivity contribution is 0.210. The first kappa shape index (κ1) is 19.4. The molecule has 2 N–H and O–H groups in total. The van der Waals surface area contributed by atoms with Crippen molar-refractivity contribution in [3.05, 3.63) is 60.0 Å². The number of aromatic nitrogens is 2. The van der Waals surface area contributed by atoms with Crippen LogP contribution in [0.5, 0.6) is 5.75 Å². The lowest BCUT2D eigenvalue weighted by atomic mass is 10.1. The Morgan fingerprint density at radius 1 is 1.14 bits per heavy atom. The van der Waals surface area contributed by atoms with Crippen molar-refractivity contribution in [2.45, 2.75) is 45.3 Å². The molecule has 2 aromatic carbocycles. The normalized spacial score (nSPS) is 14.0. The minimum absolute atomic E-state index is 0.355. The highest BCUT2D eigenvalue weighted by atomic mass is 32.1. The molecule has 0 radical (unpaired) electrons. The van der Waals surface area contributed by atoms with Crippen LogP contribution in [0.2, 0.25) is 0 Å². The molecule has 0 atom stereocenters. The maximum absolute atomic E-state index is 5.98.